The van der Waals surface area contributed by atoms with Crippen LogP contribution in [-0.2, 0) is 4.79 Å². The predicted octanol–water partition coefficient (Wildman–Crippen LogP) is 0.531. The highest BCUT2D eigenvalue weighted by Gasteiger charge is 2.31. The van der Waals surface area contributed by atoms with Gasteiger partial charge < -0.3 is 10.4 Å². The number of nitrogens with zero attached hydrogens (tertiary/aromatic N) is 2. The third kappa shape index (κ3) is 4.72. The highest BCUT2D eigenvalue weighted by molar-refractivity contribution is 5.70. The monoisotopic (exact) mass is 239 g/mol. The molecule has 2 unspecified atom stereocenters. The zero-order valence-electron chi connectivity index (χ0n) is 10.5. The molecule has 2 N–H and O–H groups in total. The molecule has 5 nitrogen and oxygen atoms in total. The van der Waals surface area contributed by atoms with Crippen LogP contribution in [0.4, 0.5) is 0 Å². The molecule has 2 atom stereocenters. The maximum absolute atomic E-state index is 11.1. The van der Waals surface area contributed by atoms with Crippen molar-refractivity contribution in [2.45, 2.75) is 26.3 Å². The van der Waals surface area contributed by atoms with Crippen LogP contribution in [0, 0.1) is 23.2 Å². The van der Waals surface area contributed by atoms with E-state index < -0.39 is 5.97 Å². The van der Waals surface area contributed by atoms with Gasteiger partial charge in [-0.05, 0) is 18.9 Å². The molecule has 0 amide bonds. The molecule has 1 heterocycles. The molecule has 0 aromatic rings. The van der Waals surface area contributed by atoms with Gasteiger partial charge in [0, 0.05) is 19.1 Å². The summed E-state index contributed by atoms with van der Waals surface area (Å²) in [6, 6.07) is 2.27. The van der Waals surface area contributed by atoms with Crippen molar-refractivity contribution >= 4 is 5.97 Å². The molecular formula is C12H21N3O2. The van der Waals surface area contributed by atoms with E-state index in [1.54, 1.807) is 0 Å². The van der Waals surface area contributed by atoms with Crippen molar-refractivity contribution in [2.24, 2.45) is 11.8 Å². The Morgan fingerprint density at radius 2 is 2.29 bits per heavy atom. The fourth-order valence-electron chi connectivity index (χ4n) is 2.15. The molecule has 1 aliphatic rings. The Morgan fingerprint density at radius 3 is 2.82 bits per heavy atom. The first-order valence-corrected chi connectivity index (χ1v) is 6.08. The van der Waals surface area contributed by atoms with Gasteiger partial charge in [-0.15, -0.1) is 0 Å². The second kappa shape index (κ2) is 6.58. The van der Waals surface area contributed by atoms with Crippen molar-refractivity contribution in [3.63, 3.8) is 0 Å². The van der Waals surface area contributed by atoms with Gasteiger partial charge in [0.1, 0.15) is 0 Å². The Morgan fingerprint density at radius 1 is 1.59 bits per heavy atom. The average molecular weight is 239 g/mol. The SMILES string of the molecule is CC(C)CNC1CC(C(=O)O)CN(CC#N)C1. The quantitative estimate of drug-likeness (QED) is 0.684. The molecule has 17 heavy (non-hydrogen) atoms. The van der Waals surface area contributed by atoms with Crippen LogP contribution < -0.4 is 5.32 Å². The molecule has 0 spiro atoms. The standard InChI is InChI=1S/C12H21N3O2/c1-9(2)6-14-11-5-10(12(16)17)7-15(8-11)4-3-13/h9-11,14H,4-8H2,1-2H3,(H,16,17). The molecule has 1 saturated heterocycles. The first-order chi connectivity index (χ1) is 8.02. The van der Waals surface area contributed by atoms with Crippen molar-refractivity contribution in [3.05, 3.63) is 0 Å². The predicted molar refractivity (Wildman–Crippen MR) is 64.4 cm³/mol. The number of rotatable bonds is 5. The van der Waals surface area contributed by atoms with Gasteiger partial charge in [-0.2, -0.15) is 5.26 Å². The van der Waals surface area contributed by atoms with E-state index in [0.29, 0.717) is 25.4 Å². The fraction of sp³-hybridized carbons (Fsp3) is 0.833. The summed E-state index contributed by atoms with van der Waals surface area (Å²) in [6.07, 6.45) is 0.657. The Kier molecular flexibility index (Phi) is 5.39. The lowest BCUT2D eigenvalue weighted by molar-refractivity contribution is -0.143. The van der Waals surface area contributed by atoms with Gasteiger partial charge in [0.05, 0.1) is 18.5 Å². The number of carboxylic acid groups (broad SMARTS) is 1. The van der Waals surface area contributed by atoms with Gasteiger partial charge in [0.25, 0.3) is 0 Å². The normalized spacial score (nSPS) is 25.8. The molecule has 0 aliphatic carbocycles. The second-order valence-electron chi connectivity index (χ2n) is 5.12. The topological polar surface area (TPSA) is 76.4 Å². The van der Waals surface area contributed by atoms with Crippen LogP contribution in [0.15, 0.2) is 0 Å². The third-order valence-electron chi connectivity index (χ3n) is 2.98. The van der Waals surface area contributed by atoms with Crippen LogP contribution >= 0.6 is 0 Å². The number of piperidine rings is 1. The molecule has 1 aliphatic heterocycles. The minimum absolute atomic E-state index is 0.181. The molecule has 1 rings (SSSR count). The molecule has 96 valence electrons. The van der Waals surface area contributed by atoms with Gasteiger partial charge in [-0.25, -0.2) is 0 Å². The maximum Gasteiger partial charge on any atom is 0.307 e. The van der Waals surface area contributed by atoms with Crippen molar-refractivity contribution in [3.8, 4) is 6.07 Å². The Hall–Kier alpha value is -1.12. The highest BCUT2D eigenvalue weighted by atomic mass is 16.4. The molecule has 1 fully saturated rings. The number of hydrogen-bond acceptors (Lipinski definition) is 4. The number of hydrogen-bond donors (Lipinski definition) is 2. The largest absolute Gasteiger partial charge is 0.481 e. The number of nitrogens with one attached hydrogen (secondary N) is 1. The molecule has 0 radical (unpaired) electrons. The van der Waals surface area contributed by atoms with Crippen molar-refractivity contribution in [1.82, 2.24) is 10.2 Å². The lowest BCUT2D eigenvalue weighted by Gasteiger charge is -2.35. The average Bonchev–Trinajstić information content (AvgIpc) is 2.26. The van der Waals surface area contributed by atoms with E-state index >= 15 is 0 Å². The van der Waals surface area contributed by atoms with E-state index in [0.717, 1.165) is 13.1 Å². The second-order valence-corrected chi connectivity index (χ2v) is 5.12. The lowest BCUT2D eigenvalue weighted by Crippen LogP contribution is -2.51. The summed E-state index contributed by atoms with van der Waals surface area (Å²) >= 11 is 0. The fourth-order valence-corrected chi connectivity index (χ4v) is 2.15. The van der Waals surface area contributed by atoms with Gasteiger partial charge in [-0.3, -0.25) is 9.69 Å². The number of likely N-dealkylation sites (tertiary alicyclic amines) is 1. The summed E-state index contributed by atoms with van der Waals surface area (Å²) < 4.78 is 0. The van der Waals surface area contributed by atoms with Crippen molar-refractivity contribution in [2.75, 3.05) is 26.2 Å². The zero-order chi connectivity index (χ0) is 12.8. The first kappa shape index (κ1) is 13.9. The van der Waals surface area contributed by atoms with Crippen LogP contribution in [0.2, 0.25) is 0 Å². The summed E-state index contributed by atoms with van der Waals surface area (Å²) in [6.45, 7) is 6.70. The van der Waals surface area contributed by atoms with Gasteiger partial charge in [-0.1, -0.05) is 13.8 Å². The van der Waals surface area contributed by atoms with Gasteiger partial charge >= 0.3 is 5.97 Å². The van der Waals surface area contributed by atoms with E-state index in [1.807, 2.05) is 4.90 Å². The number of nitriles is 1. The van der Waals surface area contributed by atoms with E-state index in [2.05, 4.69) is 25.2 Å². The van der Waals surface area contributed by atoms with Gasteiger partial charge in [0.2, 0.25) is 0 Å². The minimum atomic E-state index is -0.760. The maximum atomic E-state index is 11.1. The van der Waals surface area contributed by atoms with Crippen LogP contribution in [-0.4, -0.2) is 48.2 Å². The number of carboxylic acids is 1. The van der Waals surface area contributed by atoms with Gasteiger partial charge in [0.15, 0.2) is 0 Å². The summed E-state index contributed by atoms with van der Waals surface area (Å²) in [5, 5.41) is 21.2. The Labute approximate surface area is 102 Å². The molecule has 0 bridgehead atoms. The minimum Gasteiger partial charge on any atom is -0.481 e. The van der Waals surface area contributed by atoms with Crippen LogP contribution in [0.5, 0.6) is 0 Å². The summed E-state index contributed by atoms with van der Waals surface area (Å²) in [5.41, 5.74) is 0. The van der Waals surface area contributed by atoms with Crippen molar-refractivity contribution < 1.29 is 9.90 Å². The summed E-state index contributed by atoms with van der Waals surface area (Å²) in [4.78, 5) is 13.0. The van der Waals surface area contributed by atoms with Crippen molar-refractivity contribution in [1.29, 1.82) is 5.26 Å². The lowest BCUT2D eigenvalue weighted by atomic mass is 9.94. The first-order valence-electron chi connectivity index (χ1n) is 6.08. The third-order valence-corrected chi connectivity index (χ3v) is 2.98. The van der Waals surface area contributed by atoms with Crippen LogP contribution in [0.1, 0.15) is 20.3 Å². The molecule has 0 saturated carbocycles. The van der Waals surface area contributed by atoms with E-state index in [1.165, 1.54) is 0 Å². The Bertz CT molecular complexity index is 299. The highest BCUT2D eigenvalue weighted by Crippen LogP contribution is 2.17. The smallest absolute Gasteiger partial charge is 0.307 e. The molecule has 0 aromatic heterocycles. The summed E-state index contributed by atoms with van der Waals surface area (Å²) in [5.74, 6) is -0.574. The van der Waals surface area contributed by atoms with Crippen LogP contribution in [0.25, 0.3) is 0 Å². The number of aliphatic carboxylic acids is 1. The zero-order valence-corrected chi connectivity index (χ0v) is 10.5. The van der Waals surface area contributed by atoms with Crippen LogP contribution in [0.3, 0.4) is 0 Å². The van der Waals surface area contributed by atoms with E-state index in [4.69, 9.17) is 10.4 Å². The van der Waals surface area contributed by atoms with E-state index in [-0.39, 0.29) is 12.0 Å². The Balaban J connectivity index is 2.52. The van der Waals surface area contributed by atoms with E-state index in [9.17, 15) is 4.79 Å². The molecule has 5 heteroatoms. The molecule has 0 aromatic carbocycles. The summed E-state index contributed by atoms with van der Waals surface area (Å²) in [7, 11) is 0. The number of carbonyl (C=O) groups is 1. The molecular weight excluding hydrogens is 218 g/mol.